The Morgan fingerprint density at radius 2 is 1.45 bits per heavy atom. The van der Waals surface area contributed by atoms with Crippen LogP contribution in [0.4, 0.5) is 4.39 Å². The van der Waals surface area contributed by atoms with E-state index in [9.17, 15) is 14.3 Å². The van der Waals surface area contributed by atoms with Gasteiger partial charge in [0.05, 0.1) is 24.4 Å². The molecule has 0 unspecified atom stereocenters. The lowest BCUT2D eigenvalue weighted by atomic mass is 9.99. The summed E-state index contributed by atoms with van der Waals surface area (Å²) in [6.07, 6.45) is -0.141. The number of carbonyl (C=O) groups is 1. The van der Waals surface area contributed by atoms with Crippen molar-refractivity contribution in [2.24, 2.45) is 0 Å². The summed E-state index contributed by atoms with van der Waals surface area (Å²) < 4.78 is 15.1. The lowest BCUT2D eigenvalue weighted by Crippen LogP contribution is -2.06. The minimum atomic E-state index is -0.916. The number of hydrogen-bond donors (Lipinski definition) is 1. The van der Waals surface area contributed by atoms with Gasteiger partial charge in [-0.2, -0.15) is 5.10 Å². The van der Waals surface area contributed by atoms with E-state index in [1.54, 1.807) is 12.1 Å². The second-order valence-electron chi connectivity index (χ2n) is 6.76. The maximum Gasteiger partial charge on any atom is 0.307 e. The summed E-state index contributed by atoms with van der Waals surface area (Å²) in [7, 11) is 0. The van der Waals surface area contributed by atoms with Crippen LogP contribution < -0.4 is 0 Å². The first-order chi connectivity index (χ1) is 14.1. The average Bonchev–Trinajstić information content (AvgIpc) is 3.08. The fourth-order valence-electron chi connectivity index (χ4n) is 3.44. The quantitative estimate of drug-likeness (QED) is 0.506. The van der Waals surface area contributed by atoms with Gasteiger partial charge in [0.15, 0.2) is 0 Å². The molecule has 0 saturated carbocycles. The molecule has 0 radical (unpaired) electrons. The highest BCUT2D eigenvalue weighted by molar-refractivity contribution is 5.81. The molecule has 0 saturated heterocycles. The Hall–Kier alpha value is -3.73. The Bertz CT molecular complexity index is 1120. The molecule has 4 rings (SSSR count). The zero-order chi connectivity index (χ0) is 20.2. The van der Waals surface area contributed by atoms with Crippen molar-refractivity contribution in [2.75, 3.05) is 0 Å². The highest BCUT2D eigenvalue weighted by Crippen LogP contribution is 2.33. The third kappa shape index (κ3) is 4.09. The molecular weight excluding hydrogens is 367 g/mol. The van der Waals surface area contributed by atoms with Crippen molar-refractivity contribution in [3.8, 4) is 22.5 Å². The number of hydrogen-bond acceptors (Lipinski definition) is 2. The predicted molar refractivity (Wildman–Crippen MR) is 110 cm³/mol. The monoisotopic (exact) mass is 386 g/mol. The van der Waals surface area contributed by atoms with Crippen LogP contribution in [0.1, 0.15) is 11.1 Å². The molecule has 0 bridgehead atoms. The number of carboxylic acid groups (broad SMARTS) is 1. The van der Waals surface area contributed by atoms with Crippen LogP contribution in [-0.2, 0) is 17.8 Å². The Labute approximate surface area is 167 Å². The van der Waals surface area contributed by atoms with Gasteiger partial charge in [-0.3, -0.25) is 9.48 Å². The largest absolute Gasteiger partial charge is 0.481 e. The number of aliphatic carboxylic acids is 1. The van der Waals surface area contributed by atoms with Crippen LogP contribution in [0, 0.1) is 5.82 Å². The minimum absolute atomic E-state index is 0.141. The zero-order valence-electron chi connectivity index (χ0n) is 15.6. The second-order valence-corrected chi connectivity index (χ2v) is 6.76. The van der Waals surface area contributed by atoms with E-state index in [0.29, 0.717) is 17.8 Å². The Morgan fingerprint density at radius 1 is 0.862 bits per heavy atom. The molecule has 29 heavy (non-hydrogen) atoms. The number of halogens is 1. The van der Waals surface area contributed by atoms with Gasteiger partial charge >= 0.3 is 5.97 Å². The Balaban J connectivity index is 1.91. The van der Waals surface area contributed by atoms with Gasteiger partial charge in [-0.1, -0.05) is 72.8 Å². The number of nitrogens with zero attached hydrogens (tertiary/aromatic N) is 2. The van der Waals surface area contributed by atoms with Gasteiger partial charge in [0, 0.05) is 16.7 Å². The van der Waals surface area contributed by atoms with Gasteiger partial charge in [-0.05, 0) is 17.7 Å². The molecule has 1 aromatic heterocycles. The van der Waals surface area contributed by atoms with Gasteiger partial charge in [-0.25, -0.2) is 4.39 Å². The summed E-state index contributed by atoms with van der Waals surface area (Å²) >= 11 is 0. The predicted octanol–water partition coefficient (Wildman–Crippen LogP) is 5.03. The summed E-state index contributed by atoms with van der Waals surface area (Å²) in [5.74, 6) is -1.21. The van der Waals surface area contributed by atoms with Crippen molar-refractivity contribution >= 4 is 5.97 Å². The summed E-state index contributed by atoms with van der Waals surface area (Å²) in [4.78, 5) is 11.7. The Kier molecular flexibility index (Phi) is 5.20. The molecule has 0 amide bonds. The number of rotatable bonds is 6. The van der Waals surface area contributed by atoms with E-state index in [1.807, 2.05) is 65.3 Å². The van der Waals surface area contributed by atoms with Crippen molar-refractivity contribution in [3.63, 3.8) is 0 Å². The van der Waals surface area contributed by atoms with E-state index >= 15 is 0 Å². The average molecular weight is 386 g/mol. The maximum absolute atomic E-state index is 13.3. The van der Waals surface area contributed by atoms with Gasteiger partial charge in [0.25, 0.3) is 0 Å². The van der Waals surface area contributed by atoms with E-state index in [4.69, 9.17) is 5.10 Å². The molecule has 144 valence electrons. The molecule has 5 heteroatoms. The molecule has 1 N–H and O–H groups in total. The molecule has 0 aliphatic heterocycles. The second kappa shape index (κ2) is 8.10. The van der Waals surface area contributed by atoms with Crippen LogP contribution in [0.25, 0.3) is 22.5 Å². The van der Waals surface area contributed by atoms with Crippen LogP contribution in [0.3, 0.4) is 0 Å². The molecule has 0 fully saturated rings. The van der Waals surface area contributed by atoms with Crippen LogP contribution in [0.15, 0.2) is 84.9 Å². The first-order valence-electron chi connectivity index (χ1n) is 9.28. The first kappa shape index (κ1) is 18.6. The van der Waals surface area contributed by atoms with E-state index in [1.165, 1.54) is 12.1 Å². The van der Waals surface area contributed by atoms with Gasteiger partial charge in [-0.15, -0.1) is 0 Å². The third-order valence-electron chi connectivity index (χ3n) is 4.72. The molecule has 4 nitrogen and oxygen atoms in total. The number of benzene rings is 3. The molecule has 0 atom stereocenters. The third-order valence-corrected chi connectivity index (χ3v) is 4.72. The summed E-state index contributed by atoms with van der Waals surface area (Å²) in [6, 6.07) is 25.4. The fraction of sp³-hybridized carbons (Fsp3) is 0.0833. The summed E-state index contributed by atoms with van der Waals surface area (Å²) in [6.45, 7) is 0.407. The summed E-state index contributed by atoms with van der Waals surface area (Å²) in [5.41, 5.74) is 4.70. The topological polar surface area (TPSA) is 55.1 Å². The zero-order valence-corrected chi connectivity index (χ0v) is 15.6. The summed E-state index contributed by atoms with van der Waals surface area (Å²) in [5, 5.41) is 14.3. The van der Waals surface area contributed by atoms with E-state index < -0.39 is 5.97 Å². The van der Waals surface area contributed by atoms with E-state index in [-0.39, 0.29) is 12.2 Å². The van der Waals surface area contributed by atoms with Crippen molar-refractivity contribution in [3.05, 3.63) is 102 Å². The Morgan fingerprint density at radius 3 is 2.03 bits per heavy atom. The lowest BCUT2D eigenvalue weighted by molar-refractivity contribution is -0.136. The minimum Gasteiger partial charge on any atom is -0.481 e. The van der Waals surface area contributed by atoms with Crippen LogP contribution >= 0.6 is 0 Å². The van der Waals surface area contributed by atoms with Crippen LogP contribution in [0.5, 0.6) is 0 Å². The molecule has 4 aromatic rings. The molecule has 1 heterocycles. The van der Waals surface area contributed by atoms with Crippen molar-refractivity contribution in [1.29, 1.82) is 0 Å². The van der Waals surface area contributed by atoms with Crippen molar-refractivity contribution in [2.45, 2.75) is 13.0 Å². The molecule has 0 spiro atoms. The SMILES string of the molecule is O=C(O)Cc1c(-c2ccccc2)nn(Cc2ccc(F)cc2)c1-c1ccccc1. The lowest BCUT2D eigenvalue weighted by Gasteiger charge is -2.10. The molecule has 0 aliphatic rings. The highest BCUT2D eigenvalue weighted by atomic mass is 19.1. The first-order valence-corrected chi connectivity index (χ1v) is 9.28. The molecule has 0 aliphatic carbocycles. The fourth-order valence-corrected chi connectivity index (χ4v) is 3.44. The van der Waals surface area contributed by atoms with Crippen molar-refractivity contribution in [1.82, 2.24) is 9.78 Å². The normalized spacial score (nSPS) is 10.8. The van der Waals surface area contributed by atoms with Gasteiger partial charge in [0.2, 0.25) is 0 Å². The molecular formula is C24H19FN2O2. The number of aromatic nitrogens is 2. The smallest absolute Gasteiger partial charge is 0.307 e. The maximum atomic E-state index is 13.3. The van der Waals surface area contributed by atoms with Crippen LogP contribution in [0.2, 0.25) is 0 Å². The molecule has 3 aromatic carbocycles. The standard InChI is InChI=1S/C24H19FN2O2/c25-20-13-11-17(12-14-20)16-27-24(19-9-5-2-6-10-19)21(15-22(28)29)23(26-27)18-7-3-1-4-8-18/h1-14H,15-16H2,(H,28,29). The van der Waals surface area contributed by atoms with Gasteiger partial charge in [0.1, 0.15) is 5.82 Å². The van der Waals surface area contributed by atoms with Gasteiger partial charge < -0.3 is 5.11 Å². The van der Waals surface area contributed by atoms with E-state index in [0.717, 1.165) is 22.4 Å². The highest BCUT2D eigenvalue weighted by Gasteiger charge is 2.22. The van der Waals surface area contributed by atoms with E-state index in [2.05, 4.69) is 0 Å². The number of carboxylic acids is 1. The van der Waals surface area contributed by atoms with Crippen LogP contribution in [-0.4, -0.2) is 20.9 Å². The van der Waals surface area contributed by atoms with Crippen molar-refractivity contribution < 1.29 is 14.3 Å².